The van der Waals surface area contributed by atoms with Crippen molar-refractivity contribution in [3.05, 3.63) is 23.8 Å². The van der Waals surface area contributed by atoms with Gasteiger partial charge in [0.2, 0.25) is 0 Å². The highest BCUT2D eigenvalue weighted by molar-refractivity contribution is 5.99. The van der Waals surface area contributed by atoms with E-state index in [-0.39, 0.29) is 12.7 Å². The second-order valence-electron chi connectivity index (χ2n) is 5.70. The van der Waals surface area contributed by atoms with Crippen LogP contribution in [0.3, 0.4) is 0 Å². The molecule has 1 aromatic carbocycles. The van der Waals surface area contributed by atoms with Crippen molar-refractivity contribution in [3.63, 3.8) is 0 Å². The van der Waals surface area contributed by atoms with Gasteiger partial charge in [-0.1, -0.05) is 0 Å². The van der Waals surface area contributed by atoms with Crippen molar-refractivity contribution in [1.82, 2.24) is 0 Å². The van der Waals surface area contributed by atoms with Gasteiger partial charge in [-0.25, -0.2) is 0 Å². The van der Waals surface area contributed by atoms with Gasteiger partial charge in [0, 0.05) is 18.8 Å². The van der Waals surface area contributed by atoms with Crippen molar-refractivity contribution in [1.29, 1.82) is 0 Å². The summed E-state index contributed by atoms with van der Waals surface area (Å²) in [5.41, 5.74) is 12.5. The van der Waals surface area contributed by atoms with Gasteiger partial charge in [-0.2, -0.15) is 0 Å². The third-order valence-electron chi connectivity index (χ3n) is 3.31. The van der Waals surface area contributed by atoms with Crippen LogP contribution in [0.15, 0.2) is 18.2 Å². The molecule has 5 N–H and O–H groups in total. The second kappa shape index (κ2) is 5.30. The molecule has 1 atom stereocenters. The highest BCUT2D eigenvalue weighted by atomic mass is 16.5. The van der Waals surface area contributed by atoms with Gasteiger partial charge in [0.05, 0.1) is 29.6 Å². The maximum atomic E-state index is 11.6. The van der Waals surface area contributed by atoms with Crippen molar-refractivity contribution in [2.45, 2.75) is 25.6 Å². The predicted molar refractivity (Wildman–Crippen MR) is 77.6 cm³/mol. The van der Waals surface area contributed by atoms with E-state index in [9.17, 15) is 9.90 Å². The van der Waals surface area contributed by atoms with Crippen LogP contribution in [0.1, 0.15) is 24.2 Å². The molecule has 1 unspecified atom stereocenters. The number of nitrogens with two attached hydrogens (primary N) is 2. The van der Waals surface area contributed by atoms with Gasteiger partial charge in [-0.3, -0.25) is 4.79 Å². The van der Waals surface area contributed by atoms with Gasteiger partial charge in [-0.05, 0) is 32.0 Å². The number of aliphatic hydroxyl groups excluding tert-OH is 1. The molecular formula is C14H21N3O3. The summed E-state index contributed by atoms with van der Waals surface area (Å²) in [4.78, 5) is 13.5. The number of rotatable bonds is 3. The average Bonchev–Trinajstić information content (AvgIpc) is 2.36. The lowest BCUT2D eigenvalue weighted by Gasteiger charge is -2.43. The first-order chi connectivity index (χ1) is 9.32. The molecule has 0 aliphatic carbocycles. The zero-order valence-corrected chi connectivity index (χ0v) is 11.8. The number of amides is 1. The van der Waals surface area contributed by atoms with Crippen LogP contribution in [0.4, 0.5) is 11.4 Å². The molecule has 2 rings (SSSR count). The van der Waals surface area contributed by atoms with Gasteiger partial charge < -0.3 is 26.2 Å². The number of aliphatic hydroxyl groups is 1. The number of hydrogen-bond acceptors (Lipinski definition) is 5. The van der Waals surface area contributed by atoms with Gasteiger partial charge >= 0.3 is 0 Å². The Labute approximate surface area is 118 Å². The fraction of sp³-hybridized carbons (Fsp3) is 0.500. The molecule has 6 heteroatoms. The van der Waals surface area contributed by atoms with E-state index in [1.165, 1.54) is 0 Å². The maximum absolute atomic E-state index is 11.6. The van der Waals surface area contributed by atoms with E-state index < -0.39 is 11.5 Å². The van der Waals surface area contributed by atoms with E-state index >= 15 is 0 Å². The summed E-state index contributed by atoms with van der Waals surface area (Å²) >= 11 is 0. The number of primary amides is 1. The molecule has 20 heavy (non-hydrogen) atoms. The van der Waals surface area contributed by atoms with Crippen molar-refractivity contribution in [2.24, 2.45) is 5.73 Å². The summed E-state index contributed by atoms with van der Waals surface area (Å²) in [6.45, 7) is 4.89. The first kappa shape index (κ1) is 14.6. The molecule has 6 nitrogen and oxygen atoms in total. The minimum absolute atomic E-state index is 0.0752. The first-order valence-electron chi connectivity index (χ1n) is 6.55. The van der Waals surface area contributed by atoms with E-state index in [0.717, 1.165) is 0 Å². The molecule has 0 spiro atoms. The highest BCUT2D eigenvalue weighted by Crippen LogP contribution is 2.30. The van der Waals surface area contributed by atoms with Crippen molar-refractivity contribution < 1.29 is 14.6 Å². The Kier molecular flexibility index (Phi) is 3.87. The van der Waals surface area contributed by atoms with Crippen LogP contribution < -0.4 is 16.4 Å². The molecule has 1 fully saturated rings. The molecule has 0 radical (unpaired) electrons. The van der Waals surface area contributed by atoms with Gasteiger partial charge in [0.25, 0.3) is 5.91 Å². The third-order valence-corrected chi connectivity index (χ3v) is 3.31. The third kappa shape index (κ3) is 3.02. The molecule has 1 amide bonds. The number of hydrogen-bond donors (Lipinski definition) is 3. The number of carbonyl (C=O) groups is 1. The molecule has 1 aromatic rings. The molecule has 1 heterocycles. The smallest absolute Gasteiger partial charge is 0.250 e. The fourth-order valence-electron chi connectivity index (χ4n) is 2.59. The molecule has 0 saturated carbocycles. The molecule has 110 valence electrons. The van der Waals surface area contributed by atoms with Crippen LogP contribution in [0.5, 0.6) is 0 Å². The van der Waals surface area contributed by atoms with E-state index in [1.807, 2.05) is 18.7 Å². The molecule has 1 aliphatic heterocycles. The standard InChI is InChI=1S/C14H21N3O3/c1-14(2)8-17(6-10(7-18)20-14)12-5-9(15)3-4-11(12)13(16)19/h3-5,10,18H,6-8,15H2,1-2H3,(H2,16,19). The highest BCUT2D eigenvalue weighted by Gasteiger charge is 2.34. The maximum Gasteiger partial charge on any atom is 0.250 e. The molecule has 1 aliphatic rings. The summed E-state index contributed by atoms with van der Waals surface area (Å²) in [6, 6.07) is 5.01. The number of ether oxygens (including phenoxy) is 1. The fourth-order valence-corrected chi connectivity index (χ4v) is 2.59. The Bertz CT molecular complexity index is 516. The zero-order chi connectivity index (χ0) is 14.9. The largest absolute Gasteiger partial charge is 0.399 e. The Morgan fingerprint density at radius 1 is 1.55 bits per heavy atom. The SMILES string of the molecule is CC1(C)CN(c2cc(N)ccc2C(N)=O)CC(CO)O1. The van der Waals surface area contributed by atoms with Crippen LogP contribution >= 0.6 is 0 Å². The normalized spacial score (nSPS) is 21.8. The van der Waals surface area contributed by atoms with Crippen LogP contribution in [0.2, 0.25) is 0 Å². The number of nitrogens with zero attached hydrogens (tertiary/aromatic N) is 1. The van der Waals surface area contributed by atoms with E-state index in [0.29, 0.717) is 30.0 Å². The van der Waals surface area contributed by atoms with Gasteiger partial charge in [0.1, 0.15) is 0 Å². The minimum Gasteiger partial charge on any atom is -0.399 e. The summed E-state index contributed by atoms with van der Waals surface area (Å²) in [5, 5.41) is 9.35. The lowest BCUT2D eigenvalue weighted by Crippen LogP contribution is -2.54. The monoisotopic (exact) mass is 279 g/mol. The van der Waals surface area contributed by atoms with Crippen LogP contribution in [0.25, 0.3) is 0 Å². The number of carbonyl (C=O) groups excluding carboxylic acids is 1. The van der Waals surface area contributed by atoms with Crippen molar-refractivity contribution in [2.75, 3.05) is 30.3 Å². The predicted octanol–water partition coefficient (Wildman–Crippen LogP) is 0.344. The van der Waals surface area contributed by atoms with Crippen LogP contribution in [0, 0.1) is 0 Å². The Morgan fingerprint density at radius 2 is 2.25 bits per heavy atom. The number of morpholine rings is 1. The van der Waals surface area contributed by atoms with E-state index in [2.05, 4.69) is 0 Å². The zero-order valence-electron chi connectivity index (χ0n) is 11.8. The molecular weight excluding hydrogens is 258 g/mol. The summed E-state index contributed by atoms with van der Waals surface area (Å²) in [7, 11) is 0. The molecule has 0 bridgehead atoms. The Hall–Kier alpha value is -1.79. The van der Waals surface area contributed by atoms with E-state index in [1.54, 1.807) is 18.2 Å². The molecule has 0 aromatic heterocycles. The van der Waals surface area contributed by atoms with Crippen LogP contribution in [-0.4, -0.2) is 42.4 Å². The van der Waals surface area contributed by atoms with Gasteiger partial charge in [0.15, 0.2) is 0 Å². The quantitative estimate of drug-likeness (QED) is 0.693. The van der Waals surface area contributed by atoms with Crippen LogP contribution in [-0.2, 0) is 4.74 Å². The second-order valence-corrected chi connectivity index (χ2v) is 5.70. The number of nitrogen functional groups attached to an aromatic ring is 1. The molecule has 1 saturated heterocycles. The first-order valence-corrected chi connectivity index (χ1v) is 6.55. The summed E-state index contributed by atoms with van der Waals surface area (Å²) in [5.74, 6) is -0.496. The van der Waals surface area contributed by atoms with E-state index in [4.69, 9.17) is 16.2 Å². The van der Waals surface area contributed by atoms with Crippen molar-refractivity contribution in [3.8, 4) is 0 Å². The number of benzene rings is 1. The minimum atomic E-state index is -0.496. The lowest BCUT2D eigenvalue weighted by molar-refractivity contribution is -0.101. The lowest BCUT2D eigenvalue weighted by atomic mass is 10.0. The topological polar surface area (TPSA) is 102 Å². The van der Waals surface area contributed by atoms with Crippen molar-refractivity contribution >= 4 is 17.3 Å². The Balaban J connectivity index is 2.39. The summed E-state index contributed by atoms with van der Waals surface area (Å²) in [6.07, 6.45) is -0.305. The Morgan fingerprint density at radius 3 is 2.85 bits per heavy atom. The van der Waals surface area contributed by atoms with Gasteiger partial charge in [-0.15, -0.1) is 0 Å². The number of anilines is 2. The average molecular weight is 279 g/mol. The summed E-state index contributed by atoms with van der Waals surface area (Å²) < 4.78 is 5.77.